The summed E-state index contributed by atoms with van der Waals surface area (Å²) >= 11 is 0. The SMILES string of the molecule is CO[C@@H]1COc2c(S(=N)(N)=O)cnn2C1. The first-order chi connectivity index (χ1) is 7.02. The van der Waals surface area contributed by atoms with E-state index in [4.69, 9.17) is 19.4 Å². The van der Waals surface area contributed by atoms with Gasteiger partial charge in [0.2, 0.25) is 5.88 Å². The van der Waals surface area contributed by atoms with Gasteiger partial charge in [-0.2, -0.15) is 5.10 Å². The Morgan fingerprint density at radius 1 is 1.87 bits per heavy atom. The largest absolute Gasteiger partial charge is 0.474 e. The third-order valence-electron chi connectivity index (χ3n) is 2.20. The molecule has 15 heavy (non-hydrogen) atoms. The van der Waals surface area contributed by atoms with Crippen molar-refractivity contribution in [3.05, 3.63) is 6.20 Å². The second kappa shape index (κ2) is 3.47. The van der Waals surface area contributed by atoms with Gasteiger partial charge in [-0.15, -0.1) is 0 Å². The van der Waals surface area contributed by atoms with Crippen LogP contribution < -0.4 is 9.88 Å². The number of nitrogens with one attached hydrogen (secondary N) is 1. The summed E-state index contributed by atoms with van der Waals surface area (Å²) in [5, 5.41) is 9.18. The Labute approximate surface area is 87.3 Å². The van der Waals surface area contributed by atoms with Gasteiger partial charge in [0.25, 0.3) is 0 Å². The lowest BCUT2D eigenvalue weighted by Gasteiger charge is -2.23. The van der Waals surface area contributed by atoms with Gasteiger partial charge in [-0.05, 0) is 0 Å². The van der Waals surface area contributed by atoms with Crippen molar-refractivity contribution in [1.82, 2.24) is 9.78 Å². The highest BCUT2D eigenvalue weighted by Gasteiger charge is 2.26. The highest BCUT2D eigenvalue weighted by Crippen LogP contribution is 2.26. The standard InChI is InChI=1S/C7H12N4O3S/c1-13-5-3-11-7(14-4-5)6(2-10-11)15(8,9)12/h2,5H,3-4H2,1H3,(H3,8,9,12)/t5-/m0/s1. The molecule has 7 nitrogen and oxygen atoms in total. The summed E-state index contributed by atoms with van der Waals surface area (Å²) in [6.45, 7) is 0.867. The van der Waals surface area contributed by atoms with E-state index < -0.39 is 9.92 Å². The number of ether oxygens (including phenoxy) is 2. The molecule has 1 aliphatic heterocycles. The summed E-state index contributed by atoms with van der Waals surface area (Å²) in [6, 6.07) is 0. The van der Waals surface area contributed by atoms with E-state index in [1.165, 1.54) is 10.9 Å². The Balaban J connectivity index is 2.38. The summed E-state index contributed by atoms with van der Waals surface area (Å²) in [5.41, 5.74) is 0. The quantitative estimate of drug-likeness (QED) is 0.722. The van der Waals surface area contributed by atoms with Crippen LogP contribution in [-0.2, 0) is 21.2 Å². The molecule has 3 N–H and O–H groups in total. The molecule has 1 aromatic rings. The highest BCUT2D eigenvalue weighted by atomic mass is 32.2. The molecular weight excluding hydrogens is 220 g/mol. The molecule has 0 aromatic carbocycles. The number of methoxy groups -OCH3 is 1. The predicted octanol–water partition coefficient (Wildman–Crippen LogP) is -0.430. The van der Waals surface area contributed by atoms with E-state index in [2.05, 4.69) is 5.10 Å². The Bertz CT molecular complexity index is 467. The molecule has 1 aliphatic rings. The molecule has 8 heteroatoms. The summed E-state index contributed by atoms with van der Waals surface area (Å²) in [7, 11) is -1.69. The summed E-state index contributed by atoms with van der Waals surface area (Å²) in [4.78, 5) is 0.136. The second-order valence-corrected chi connectivity index (χ2v) is 4.91. The Hall–Kier alpha value is -1.12. The van der Waals surface area contributed by atoms with Crippen molar-refractivity contribution in [3.8, 4) is 5.88 Å². The number of nitrogens with two attached hydrogens (primary N) is 1. The number of aromatic nitrogens is 2. The lowest BCUT2D eigenvalue weighted by Crippen LogP contribution is -2.32. The summed E-state index contributed by atoms with van der Waals surface area (Å²) in [6.07, 6.45) is 1.23. The molecule has 2 atom stereocenters. The summed E-state index contributed by atoms with van der Waals surface area (Å²) < 4.78 is 30.6. The van der Waals surface area contributed by atoms with Gasteiger partial charge in [-0.3, -0.25) is 0 Å². The Morgan fingerprint density at radius 2 is 2.60 bits per heavy atom. The van der Waals surface area contributed by atoms with Crippen LogP contribution >= 0.6 is 0 Å². The zero-order valence-corrected chi connectivity index (χ0v) is 8.99. The second-order valence-electron chi connectivity index (χ2n) is 3.27. The first kappa shape index (κ1) is 10.4. The molecule has 1 unspecified atom stereocenters. The maximum atomic E-state index is 11.4. The number of nitrogens with zero attached hydrogens (tertiary/aromatic N) is 2. The predicted molar refractivity (Wildman–Crippen MR) is 51.8 cm³/mol. The molecule has 2 rings (SSSR count). The average molecular weight is 232 g/mol. The van der Waals surface area contributed by atoms with Gasteiger partial charge in [0.1, 0.15) is 27.5 Å². The van der Waals surface area contributed by atoms with Gasteiger partial charge in [0, 0.05) is 7.11 Å². The number of fused-ring (bicyclic) bond motifs is 1. The van der Waals surface area contributed by atoms with Crippen molar-refractivity contribution in [1.29, 1.82) is 4.78 Å². The molecule has 0 spiro atoms. The van der Waals surface area contributed by atoms with Gasteiger partial charge in [-0.25, -0.2) is 18.8 Å². The minimum Gasteiger partial charge on any atom is -0.474 e. The zero-order chi connectivity index (χ0) is 11.1. The van der Waals surface area contributed by atoms with Crippen molar-refractivity contribution in [2.75, 3.05) is 13.7 Å². The average Bonchev–Trinajstić information content (AvgIpc) is 2.59. The normalized spacial score (nSPS) is 24.0. The maximum absolute atomic E-state index is 11.4. The molecule has 2 heterocycles. The monoisotopic (exact) mass is 232 g/mol. The molecule has 0 saturated heterocycles. The maximum Gasteiger partial charge on any atom is 0.230 e. The summed E-state index contributed by atoms with van der Waals surface area (Å²) in [5.74, 6) is 0.311. The Kier molecular flexibility index (Phi) is 2.41. The van der Waals surface area contributed by atoms with Crippen molar-refractivity contribution in [3.63, 3.8) is 0 Å². The van der Waals surface area contributed by atoms with E-state index in [-0.39, 0.29) is 11.0 Å². The first-order valence-corrected chi connectivity index (χ1v) is 5.92. The molecule has 0 bridgehead atoms. The van der Waals surface area contributed by atoms with Crippen molar-refractivity contribution >= 4 is 9.92 Å². The molecule has 0 fully saturated rings. The molecular formula is C7H12N4O3S. The van der Waals surface area contributed by atoms with Gasteiger partial charge in [0.15, 0.2) is 0 Å². The molecule has 0 aliphatic carbocycles. The fourth-order valence-electron chi connectivity index (χ4n) is 1.40. The van der Waals surface area contributed by atoms with E-state index in [1.54, 1.807) is 7.11 Å². The molecule has 0 radical (unpaired) electrons. The highest BCUT2D eigenvalue weighted by molar-refractivity contribution is 7.90. The van der Waals surface area contributed by atoms with Crippen LogP contribution in [0.15, 0.2) is 11.1 Å². The van der Waals surface area contributed by atoms with E-state index in [9.17, 15) is 4.21 Å². The third-order valence-corrected chi connectivity index (χ3v) is 3.14. The lowest BCUT2D eigenvalue weighted by atomic mass is 10.3. The van der Waals surface area contributed by atoms with Gasteiger partial charge >= 0.3 is 0 Å². The van der Waals surface area contributed by atoms with Crippen molar-refractivity contribution in [2.24, 2.45) is 5.14 Å². The van der Waals surface area contributed by atoms with E-state index in [0.29, 0.717) is 19.0 Å². The van der Waals surface area contributed by atoms with Crippen LogP contribution in [0.1, 0.15) is 0 Å². The van der Waals surface area contributed by atoms with Crippen molar-refractivity contribution < 1.29 is 13.7 Å². The van der Waals surface area contributed by atoms with Crippen LogP contribution in [0.3, 0.4) is 0 Å². The van der Waals surface area contributed by atoms with Crippen LogP contribution in [0.2, 0.25) is 0 Å². The van der Waals surface area contributed by atoms with Crippen LogP contribution in [0.4, 0.5) is 0 Å². The van der Waals surface area contributed by atoms with E-state index in [0.717, 1.165) is 0 Å². The fourth-order valence-corrected chi connectivity index (χ4v) is 2.03. The van der Waals surface area contributed by atoms with Gasteiger partial charge < -0.3 is 9.47 Å². The van der Waals surface area contributed by atoms with E-state index >= 15 is 0 Å². The molecule has 0 amide bonds. The number of rotatable bonds is 2. The molecule has 0 saturated carbocycles. The molecule has 84 valence electrons. The lowest BCUT2D eigenvalue weighted by molar-refractivity contribution is 0.0165. The van der Waals surface area contributed by atoms with Crippen LogP contribution in [-0.4, -0.2) is 33.8 Å². The number of hydrogen-bond acceptors (Lipinski definition) is 5. The minimum absolute atomic E-state index is 0.0789. The van der Waals surface area contributed by atoms with Crippen LogP contribution in [0.25, 0.3) is 0 Å². The van der Waals surface area contributed by atoms with Crippen LogP contribution in [0.5, 0.6) is 5.88 Å². The smallest absolute Gasteiger partial charge is 0.230 e. The first-order valence-electron chi connectivity index (χ1n) is 4.30. The van der Waals surface area contributed by atoms with Crippen molar-refractivity contribution in [2.45, 2.75) is 17.5 Å². The van der Waals surface area contributed by atoms with E-state index in [1.807, 2.05) is 0 Å². The third kappa shape index (κ3) is 1.83. The van der Waals surface area contributed by atoms with Crippen LogP contribution in [0, 0.1) is 4.78 Å². The number of hydrogen-bond donors (Lipinski definition) is 2. The topological polar surface area (TPSA) is 103 Å². The van der Waals surface area contributed by atoms with Gasteiger partial charge in [-0.1, -0.05) is 0 Å². The molecule has 1 aromatic heterocycles. The van der Waals surface area contributed by atoms with Gasteiger partial charge in [0.05, 0.1) is 12.7 Å². The zero-order valence-electron chi connectivity index (χ0n) is 8.17. The minimum atomic E-state index is -3.27. The Morgan fingerprint density at radius 3 is 3.20 bits per heavy atom. The fraction of sp³-hybridized carbons (Fsp3) is 0.571.